The number of nitrogens with zero attached hydrogens (tertiary/aromatic N) is 3. The highest BCUT2D eigenvalue weighted by Gasteiger charge is 2.44. The van der Waals surface area contributed by atoms with Crippen LogP contribution in [0.5, 0.6) is 0 Å². The molecule has 0 N–H and O–H groups in total. The fraction of sp³-hybridized carbons (Fsp3) is 0.545. The van der Waals surface area contributed by atoms with Crippen molar-refractivity contribution in [2.75, 3.05) is 13.7 Å². The van der Waals surface area contributed by atoms with Gasteiger partial charge in [-0.25, -0.2) is 4.79 Å². The number of alkyl halides is 3. The molecular formula is C11H12F3N3O3. The number of carbonyl (C=O) groups is 2. The number of hydrogen-bond acceptors (Lipinski definition) is 4. The van der Waals surface area contributed by atoms with Crippen LogP contribution in [0, 0.1) is 0 Å². The molecule has 110 valence electrons. The summed E-state index contributed by atoms with van der Waals surface area (Å²) in [6.07, 6.45) is -4.77. The largest absolute Gasteiger partial charge is 0.471 e. The van der Waals surface area contributed by atoms with Crippen LogP contribution in [0.1, 0.15) is 21.7 Å². The minimum absolute atomic E-state index is 0.0871. The lowest BCUT2D eigenvalue weighted by Gasteiger charge is -2.28. The van der Waals surface area contributed by atoms with Crippen molar-refractivity contribution in [3.05, 3.63) is 17.0 Å². The van der Waals surface area contributed by atoms with E-state index < -0.39 is 18.1 Å². The maximum absolute atomic E-state index is 12.4. The van der Waals surface area contributed by atoms with Crippen molar-refractivity contribution in [3.8, 4) is 0 Å². The van der Waals surface area contributed by atoms with Gasteiger partial charge in [0.25, 0.3) is 0 Å². The third-order valence-corrected chi connectivity index (χ3v) is 3.16. The summed E-state index contributed by atoms with van der Waals surface area (Å²) in [6.45, 7) is -0.338. The van der Waals surface area contributed by atoms with Gasteiger partial charge in [-0.1, -0.05) is 0 Å². The van der Waals surface area contributed by atoms with Crippen molar-refractivity contribution in [1.29, 1.82) is 0 Å². The number of hydrogen-bond donors (Lipinski definition) is 0. The second-order valence-corrected chi connectivity index (χ2v) is 4.36. The van der Waals surface area contributed by atoms with E-state index in [1.165, 1.54) is 18.8 Å². The Bertz CT molecular complexity index is 565. The third-order valence-electron chi connectivity index (χ3n) is 3.16. The van der Waals surface area contributed by atoms with Crippen molar-refractivity contribution >= 4 is 11.9 Å². The van der Waals surface area contributed by atoms with Crippen molar-refractivity contribution in [2.24, 2.45) is 7.05 Å². The predicted octanol–water partition coefficient (Wildman–Crippen LogP) is 0.654. The number of ether oxygens (including phenoxy) is 1. The highest BCUT2D eigenvalue weighted by molar-refractivity contribution is 5.89. The summed E-state index contributed by atoms with van der Waals surface area (Å²) in [7, 11) is 2.71. The highest BCUT2D eigenvalue weighted by atomic mass is 19.4. The van der Waals surface area contributed by atoms with Crippen molar-refractivity contribution in [3.63, 3.8) is 0 Å². The van der Waals surface area contributed by atoms with Gasteiger partial charge < -0.3 is 9.64 Å². The average Bonchev–Trinajstić information content (AvgIpc) is 2.73. The summed E-state index contributed by atoms with van der Waals surface area (Å²) in [4.78, 5) is 23.4. The predicted molar refractivity (Wildman–Crippen MR) is 59.7 cm³/mol. The molecule has 0 atom stereocenters. The molecule has 0 fully saturated rings. The van der Waals surface area contributed by atoms with Gasteiger partial charge in [0.2, 0.25) is 0 Å². The Morgan fingerprint density at radius 3 is 2.55 bits per heavy atom. The molecule has 1 amide bonds. The number of carbonyl (C=O) groups excluding carboxylic acids is 2. The molecule has 0 saturated carbocycles. The Hall–Kier alpha value is -2.06. The molecule has 2 rings (SSSR count). The molecule has 2 heterocycles. The zero-order valence-corrected chi connectivity index (χ0v) is 10.8. The lowest BCUT2D eigenvalue weighted by molar-refractivity contribution is -0.186. The van der Waals surface area contributed by atoms with Crippen molar-refractivity contribution < 1.29 is 27.5 Å². The van der Waals surface area contributed by atoms with Gasteiger partial charge in [0.15, 0.2) is 5.69 Å². The maximum Gasteiger partial charge on any atom is 0.471 e. The van der Waals surface area contributed by atoms with Gasteiger partial charge in [-0.2, -0.15) is 18.3 Å². The maximum atomic E-state index is 12.4. The molecule has 1 aliphatic heterocycles. The smallest absolute Gasteiger partial charge is 0.464 e. The summed E-state index contributed by atoms with van der Waals surface area (Å²) in [6, 6.07) is 0. The summed E-state index contributed by atoms with van der Waals surface area (Å²) in [5.41, 5.74) is 1.03. The molecular weight excluding hydrogens is 279 g/mol. The van der Waals surface area contributed by atoms with Gasteiger partial charge in [-0.05, 0) is 6.42 Å². The van der Waals surface area contributed by atoms with Crippen LogP contribution < -0.4 is 0 Å². The van der Waals surface area contributed by atoms with E-state index in [0.717, 1.165) is 0 Å². The van der Waals surface area contributed by atoms with E-state index in [4.69, 9.17) is 0 Å². The molecule has 9 heteroatoms. The molecule has 1 aliphatic rings. The molecule has 0 unspecified atom stereocenters. The van der Waals surface area contributed by atoms with E-state index in [0.29, 0.717) is 16.2 Å². The van der Waals surface area contributed by atoms with Crippen LogP contribution in [0.3, 0.4) is 0 Å². The summed E-state index contributed by atoms with van der Waals surface area (Å²) in [5.74, 6) is -2.53. The van der Waals surface area contributed by atoms with Crippen LogP contribution in [0.15, 0.2) is 0 Å². The normalized spacial score (nSPS) is 14.9. The molecule has 0 aromatic carbocycles. The van der Waals surface area contributed by atoms with E-state index in [9.17, 15) is 22.8 Å². The van der Waals surface area contributed by atoms with Crippen LogP contribution in [0.25, 0.3) is 0 Å². The number of aryl methyl sites for hydroxylation is 1. The topological polar surface area (TPSA) is 64.4 Å². The lowest BCUT2D eigenvalue weighted by Crippen LogP contribution is -2.44. The quantitative estimate of drug-likeness (QED) is 0.713. The number of esters is 1. The second-order valence-electron chi connectivity index (χ2n) is 4.36. The van der Waals surface area contributed by atoms with Gasteiger partial charge in [-0.3, -0.25) is 9.48 Å². The molecule has 0 bridgehead atoms. The van der Waals surface area contributed by atoms with E-state index in [2.05, 4.69) is 9.84 Å². The molecule has 1 aromatic heterocycles. The van der Waals surface area contributed by atoms with Gasteiger partial charge in [0.1, 0.15) is 0 Å². The fourth-order valence-electron chi connectivity index (χ4n) is 2.18. The first-order chi connectivity index (χ1) is 9.25. The number of fused-ring (bicyclic) bond motifs is 1. The van der Waals surface area contributed by atoms with Gasteiger partial charge in [0.05, 0.1) is 19.3 Å². The third kappa shape index (κ3) is 2.35. The van der Waals surface area contributed by atoms with Gasteiger partial charge in [-0.15, -0.1) is 0 Å². The summed E-state index contributed by atoms with van der Waals surface area (Å²) >= 11 is 0. The van der Waals surface area contributed by atoms with E-state index in [1.54, 1.807) is 0 Å². The number of amides is 1. The molecule has 0 spiro atoms. The number of rotatable bonds is 1. The molecule has 0 aliphatic carbocycles. The number of halogens is 3. The number of methoxy groups -OCH3 is 1. The minimum Gasteiger partial charge on any atom is -0.464 e. The van der Waals surface area contributed by atoms with E-state index >= 15 is 0 Å². The first-order valence-corrected chi connectivity index (χ1v) is 5.75. The van der Waals surface area contributed by atoms with Crippen LogP contribution >= 0.6 is 0 Å². The standard InChI is InChI=1S/C11H12F3N3O3/c1-16-7-5-17(10(19)11(12,13)14)4-3-6(7)8(15-16)9(18)20-2/h3-5H2,1-2H3. The fourth-order valence-corrected chi connectivity index (χ4v) is 2.18. The van der Waals surface area contributed by atoms with E-state index in [1.807, 2.05) is 0 Å². The monoisotopic (exact) mass is 291 g/mol. The Morgan fingerprint density at radius 1 is 1.35 bits per heavy atom. The molecule has 6 nitrogen and oxygen atoms in total. The van der Waals surface area contributed by atoms with Gasteiger partial charge >= 0.3 is 18.1 Å². The zero-order valence-electron chi connectivity index (χ0n) is 10.8. The first-order valence-electron chi connectivity index (χ1n) is 5.75. The molecule has 1 aromatic rings. The summed E-state index contributed by atoms with van der Waals surface area (Å²) < 4.78 is 43.1. The first kappa shape index (κ1) is 14.4. The highest BCUT2D eigenvalue weighted by Crippen LogP contribution is 2.26. The lowest BCUT2D eigenvalue weighted by atomic mass is 10.0. The Labute approximate surface area is 112 Å². The van der Waals surface area contributed by atoms with Crippen LogP contribution in [-0.4, -0.2) is 46.4 Å². The van der Waals surface area contributed by atoms with Crippen LogP contribution in [-0.2, 0) is 29.5 Å². The SMILES string of the molecule is COC(=O)c1nn(C)c2c1CCN(C(=O)C(F)(F)F)C2. The zero-order chi connectivity index (χ0) is 15.1. The average molecular weight is 291 g/mol. The number of aromatic nitrogens is 2. The van der Waals surface area contributed by atoms with Crippen molar-refractivity contribution in [1.82, 2.24) is 14.7 Å². The van der Waals surface area contributed by atoms with Crippen LogP contribution in [0.4, 0.5) is 13.2 Å². The molecule has 0 saturated heterocycles. The van der Waals surface area contributed by atoms with Crippen LogP contribution in [0.2, 0.25) is 0 Å². The van der Waals surface area contributed by atoms with Gasteiger partial charge in [0, 0.05) is 19.2 Å². The Balaban J connectivity index is 2.30. The van der Waals surface area contributed by atoms with Crippen molar-refractivity contribution in [2.45, 2.75) is 19.1 Å². The Kier molecular flexibility index (Phi) is 3.45. The molecule has 20 heavy (non-hydrogen) atoms. The second kappa shape index (κ2) is 4.80. The summed E-state index contributed by atoms with van der Waals surface area (Å²) in [5, 5.41) is 3.94. The minimum atomic E-state index is -4.90. The van der Waals surface area contributed by atoms with E-state index in [-0.39, 0.29) is 25.2 Å². The Morgan fingerprint density at radius 2 is 2.00 bits per heavy atom. The molecule has 0 radical (unpaired) electrons.